The van der Waals surface area contributed by atoms with Crippen LogP contribution in [0.1, 0.15) is 19.4 Å². The monoisotopic (exact) mass is 377 g/mol. The molecule has 1 fully saturated rings. The molecule has 1 aliphatic rings. The van der Waals surface area contributed by atoms with Gasteiger partial charge in [0.25, 0.3) is 0 Å². The highest BCUT2D eigenvalue weighted by molar-refractivity contribution is 7.00. The fourth-order valence-corrected chi connectivity index (χ4v) is 3.62. The van der Waals surface area contributed by atoms with Crippen molar-refractivity contribution in [1.82, 2.24) is 18.5 Å². The minimum Gasteiger partial charge on any atom is -0.377 e. The lowest BCUT2D eigenvalue weighted by molar-refractivity contribution is -0.117. The molecule has 1 amide bonds. The van der Waals surface area contributed by atoms with Crippen LogP contribution in [0.4, 0.5) is 5.69 Å². The van der Waals surface area contributed by atoms with Crippen molar-refractivity contribution in [3.8, 4) is 0 Å². The van der Waals surface area contributed by atoms with Crippen LogP contribution in [0.15, 0.2) is 12.1 Å². The van der Waals surface area contributed by atoms with Gasteiger partial charge in [-0.05, 0) is 32.4 Å². The van der Waals surface area contributed by atoms with Crippen molar-refractivity contribution in [3.05, 3.63) is 17.7 Å². The van der Waals surface area contributed by atoms with Gasteiger partial charge in [-0.1, -0.05) is 6.07 Å². The highest BCUT2D eigenvalue weighted by atomic mass is 32.1. The number of hydrogen-bond donors (Lipinski definition) is 1. The molecule has 26 heavy (non-hydrogen) atoms. The number of ether oxygens (including phenoxy) is 1. The van der Waals surface area contributed by atoms with Gasteiger partial charge in [0, 0.05) is 32.7 Å². The van der Waals surface area contributed by atoms with Crippen LogP contribution in [-0.2, 0) is 9.53 Å². The van der Waals surface area contributed by atoms with E-state index in [1.54, 1.807) is 0 Å². The summed E-state index contributed by atoms with van der Waals surface area (Å²) in [6.07, 6.45) is 0.279. The second-order valence-electron chi connectivity index (χ2n) is 6.97. The Morgan fingerprint density at radius 1 is 1.23 bits per heavy atom. The number of aromatic nitrogens is 2. The van der Waals surface area contributed by atoms with E-state index in [9.17, 15) is 4.79 Å². The Morgan fingerprint density at radius 2 is 1.96 bits per heavy atom. The number of anilines is 1. The molecule has 1 aromatic heterocycles. The van der Waals surface area contributed by atoms with Gasteiger partial charge in [-0.2, -0.15) is 8.75 Å². The second kappa shape index (κ2) is 8.85. The Balaban J connectivity index is 1.47. The van der Waals surface area contributed by atoms with Crippen LogP contribution >= 0.6 is 11.7 Å². The smallest absolute Gasteiger partial charge is 0.238 e. The number of rotatable bonds is 7. The van der Waals surface area contributed by atoms with E-state index < -0.39 is 0 Å². The van der Waals surface area contributed by atoms with Crippen molar-refractivity contribution in [2.75, 3.05) is 51.2 Å². The van der Waals surface area contributed by atoms with Gasteiger partial charge in [0.1, 0.15) is 11.0 Å². The van der Waals surface area contributed by atoms with Crippen LogP contribution in [-0.4, -0.2) is 76.4 Å². The molecular formula is C18H27N5O2S. The van der Waals surface area contributed by atoms with Crippen molar-refractivity contribution >= 4 is 34.4 Å². The third-order valence-corrected chi connectivity index (χ3v) is 5.13. The molecular weight excluding hydrogens is 350 g/mol. The lowest BCUT2D eigenvalue weighted by Gasteiger charge is -2.34. The molecule has 7 nitrogen and oxygen atoms in total. The van der Waals surface area contributed by atoms with Crippen molar-refractivity contribution < 1.29 is 9.53 Å². The van der Waals surface area contributed by atoms with Crippen molar-refractivity contribution in [2.45, 2.75) is 26.9 Å². The summed E-state index contributed by atoms with van der Waals surface area (Å²) in [5, 5.41) is 3.03. The molecule has 0 atom stereocenters. The number of carbonyl (C=O) groups is 1. The average molecular weight is 378 g/mol. The second-order valence-corrected chi connectivity index (χ2v) is 7.50. The molecule has 0 unspecified atom stereocenters. The molecule has 8 heteroatoms. The topological polar surface area (TPSA) is 70.6 Å². The van der Waals surface area contributed by atoms with Crippen LogP contribution in [0.25, 0.3) is 11.0 Å². The number of benzene rings is 1. The maximum Gasteiger partial charge on any atom is 0.238 e. The maximum absolute atomic E-state index is 12.5. The fraction of sp³-hybridized carbons (Fsp3) is 0.611. The van der Waals surface area contributed by atoms with Gasteiger partial charge < -0.3 is 10.1 Å². The summed E-state index contributed by atoms with van der Waals surface area (Å²) in [6.45, 7) is 12.0. The summed E-state index contributed by atoms with van der Waals surface area (Å²) in [5.41, 5.74) is 3.39. The van der Waals surface area contributed by atoms with E-state index in [0.717, 1.165) is 61.6 Å². The number of carbonyl (C=O) groups excluding carboxylic acids is 1. The van der Waals surface area contributed by atoms with Crippen molar-refractivity contribution in [1.29, 1.82) is 0 Å². The fourth-order valence-electron chi connectivity index (χ4n) is 3.08. The van der Waals surface area contributed by atoms with Crippen LogP contribution in [0, 0.1) is 6.92 Å². The Kier molecular flexibility index (Phi) is 6.53. The molecule has 0 spiro atoms. The summed E-state index contributed by atoms with van der Waals surface area (Å²) in [4.78, 5) is 17.1. The van der Waals surface area contributed by atoms with Gasteiger partial charge in [0.05, 0.1) is 36.7 Å². The molecule has 0 bridgehead atoms. The number of aryl methyl sites for hydroxylation is 1. The summed E-state index contributed by atoms with van der Waals surface area (Å²) in [6, 6.07) is 3.91. The van der Waals surface area contributed by atoms with Crippen LogP contribution < -0.4 is 5.32 Å². The third kappa shape index (κ3) is 4.97. The predicted octanol–water partition coefficient (Wildman–Crippen LogP) is 1.98. The molecule has 1 N–H and O–H groups in total. The lowest BCUT2D eigenvalue weighted by atomic mass is 10.1. The van der Waals surface area contributed by atoms with Gasteiger partial charge in [0.2, 0.25) is 5.91 Å². The summed E-state index contributed by atoms with van der Waals surface area (Å²) in [5.74, 6) is 0.00481. The molecule has 1 aliphatic heterocycles. The molecule has 142 valence electrons. The maximum atomic E-state index is 12.5. The number of nitrogens with one attached hydrogen (secondary N) is 1. The normalized spacial score (nSPS) is 16.5. The van der Waals surface area contributed by atoms with Gasteiger partial charge in [-0.25, -0.2) is 0 Å². The molecule has 0 saturated carbocycles. The molecule has 2 heterocycles. The molecule has 1 saturated heterocycles. The first-order valence-electron chi connectivity index (χ1n) is 9.11. The lowest BCUT2D eigenvalue weighted by Crippen LogP contribution is -2.49. The first kappa shape index (κ1) is 19.2. The quantitative estimate of drug-likeness (QED) is 0.796. The number of amides is 1. The van der Waals surface area contributed by atoms with Gasteiger partial charge in [-0.15, -0.1) is 0 Å². The van der Waals surface area contributed by atoms with E-state index in [4.69, 9.17) is 4.74 Å². The van der Waals surface area contributed by atoms with Gasteiger partial charge in [0.15, 0.2) is 0 Å². The molecule has 1 aromatic carbocycles. The molecule has 2 aromatic rings. The summed E-state index contributed by atoms with van der Waals surface area (Å²) in [7, 11) is 0. The zero-order valence-electron chi connectivity index (χ0n) is 15.7. The van der Waals surface area contributed by atoms with E-state index >= 15 is 0 Å². The van der Waals surface area contributed by atoms with Gasteiger partial charge in [-0.3, -0.25) is 14.6 Å². The van der Waals surface area contributed by atoms with Crippen molar-refractivity contribution in [3.63, 3.8) is 0 Å². The van der Waals surface area contributed by atoms with Crippen molar-refractivity contribution in [2.24, 2.45) is 0 Å². The SMILES string of the molecule is Cc1ccc2nsnc2c1NC(=O)CN1CCN(CCOC(C)C)CC1. The average Bonchev–Trinajstić information content (AvgIpc) is 3.08. The minimum atomic E-state index is 0.00481. The van der Waals surface area contributed by atoms with Gasteiger partial charge >= 0.3 is 0 Å². The van der Waals surface area contributed by atoms with E-state index in [1.807, 2.05) is 19.1 Å². The predicted molar refractivity (Wildman–Crippen MR) is 105 cm³/mol. The van der Waals surface area contributed by atoms with E-state index in [1.165, 1.54) is 11.7 Å². The highest BCUT2D eigenvalue weighted by Gasteiger charge is 2.20. The molecule has 3 rings (SSSR count). The van der Waals surface area contributed by atoms with E-state index in [-0.39, 0.29) is 12.0 Å². The van der Waals surface area contributed by atoms with E-state index in [2.05, 4.69) is 37.7 Å². The standard InChI is InChI=1S/C18H27N5O2S/c1-13(2)25-11-10-22-6-8-23(9-7-22)12-16(24)19-17-14(3)4-5-15-18(17)21-26-20-15/h4-5,13H,6-12H2,1-3H3,(H,19,24). The largest absolute Gasteiger partial charge is 0.377 e. The molecule has 0 aliphatic carbocycles. The van der Waals surface area contributed by atoms with Crippen LogP contribution in [0.2, 0.25) is 0 Å². The Bertz CT molecular complexity index is 740. The zero-order valence-corrected chi connectivity index (χ0v) is 16.5. The number of fused-ring (bicyclic) bond motifs is 1. The summed E-state index contributed by atoms with van der Waals surface area (Å²) >= 11 is 1.17. The van der Waals surface area contributed by atoms with Crippen LogP contribution in [0.3, 0.4) is 0 Å². The molecule has 0 radical (unpaired) electrons. The first-order chi connectivity index (χ1) is 12.5. The number of piperazine rings is 1. The Morgan fingerprint density at radius 3 is 2.69 bits per heavy atom. The number of nitrogens with zero attached hydrogens (tertiary/aromatic N) is 4. The summed E-state index contributed by atoms with van der Waals surface area (Å²) < 4.78 is 14.2. The highest BCUT2D eigenvalue weighted by Crippen LogP contribution is 2.25. The minimum absolute atomic E-state index is 0.00481. The van der Waals surface area contributed by atoms with E-state index in [0.29, 0.717) is 6.54 Å². The zero-order chi connectivity index (χ0) is 18.5. The Labute approximate surface area is 158 Å². The third-order valence-electron chi connectivity index (χ3n) is 4.59. The first-order valence-corrected chi connectivity index (χ1v) is 9.84. The Hall–Kier alpha value is -1.61. The number of hydrogen-bond acceptors (Lipinski definition) is 7. The van der Waals surface area contributed by atoms with Crippen LogP contribution in [0.5, 0.6) is 0 Å².